The smallest absolute Gasteiger partial charge is 0.262 e. The molecule has 0 radical (unpaired) electrons. The van der Waals surface area contributed by atoms with Crippen molar-refractivity contribution in [2.24, 2.45) is 0 Å². The van der Waals surface area contributed by atoms with Crippen LogP contribution in [0.1, 0.15) is 6.42 Å². The molecule has 0 aliphatic carbocycles. The number of quaternary nitrogens is 1. The summed E-state index contributed by atoms with van der Waals surface area (Å²) in [6, 6.07) is 7.33. The molecule has 0 aliphatic rings. The molecule has 1 amide bonds. The summed E-state index contributed by atoms with van der Waals surface area (Å²) in [7, 11) is 5.77. The van der Waals surface area contributed by atoms with Crippen LogP contribution >= 0.6 is 11.8 Å². The second-order valence-corrected chi connectivity index (χ2v) is 6.58. The Hall–Kier alpha value is -1.86. The zero-order chi connectivity index (χ0) is 16.8. The van der Waals surface area contributed by atoms with Crippen LogP contribution in [-0.4, -0.2) is 48.9 Å². The van der Waals surface area contributed by atoms with Gasteiger partial charge >= 0.3 is 0 Å². The Balaban J connectivity index is 2.35. The van der Waals surface area contributed by atoms with Gasteiger partial charge in [-0.15, -0.1) is 0 Å². The maximum atomic E-state index is 12.7. The molecule has 1 aromatic carbocycles. The number of carbonyl (C=O) groups is 1. The number of carbonyl (C=O) groups excluding carboxylic acids is 1. The molecule has 6 nitrogen and oxygen atoms in total. The van der Waals surface area contributed by atoms with Crippen molar-refractivity contribution in [1.29, 1.82) is 0 Å². The highest BCUT2D eigenvalue weighted by atomic mass is 32.2. The average Bonchev–Trinajstić information content (AvgIpc) is 2.54. The Morgan fingerprint density at radius 3 is 2.78 bits per heavy atom. The van der Waals surface area contributed by atoms with Gasteiger partial charge in [0, 0.05) is 20.0 Å². The predicted octanol–water partition coefficient (Wildman–Crippen LogP) is -0.231. The molecule has 2 rings (SSSR count). The van der Waals surface area contributed by atoms with E-state index in [-0.39, 0.29) is 17.2 Å². The van der Waals surface area contributed by atoms with E-state index in [1.807, 2.05) is 18.2 Å². The van der Waals surface area contributed by atoms with Gasteiger partial charge in [-0.3, -0.25) is 14.2 Å². The molecule has 1 aromatic heterocycles. The lowest BCUT2D eigenvalue weighted by atomic mass is 10.2. The van der Waals surface area contributed by atoms with Gasteiger partial charge in [-0.2, -0.15) is 0 Å². The third-order valence-electron chi connectivity index (χ3n) is 3.50. The Labute approximate surface area is 139 Å². The number of thioether (sulfide) groups is 1. The molecule has 0 unspecified atom stereocenters. The zero-order valence-corrected chi connectivity index (χ0v) is 14.6. The first-order valence-electron chi connectivity index (χ1n) is 7.65. The van der Waals surface area contributed by atoms with Crippen LogP contribution in [0.15, 0.2) is 34.2 Å². The van der Waals surface area contributed by atoms with Crippen LogP contribution in [0.2, 0.25) is 0 Å². The van der Waals surface area contributed by atoms with Crippen molar-refractivity contribution in [3.05, 3.63) is 34.6 Å². The summed E-state index contributed by atoms with van der Waals surface area (Å²) in [6.07, 6.45) is 0.885. The molecule has 2 aromatic rings. The molecule has 0 saturated heterocycles. The molecule has 2 N–H and O–H groups in total. The van der Waals surface area contributed by atoms with Gasteiger partial charge in [-0.1, -0.05) is 23.9 Å². The molecule has 0 atom stereocenters. The molecule has 0 fully saturated rings. The highest BCUT2D eigenvalue weighted by Crippen LogP contribution is 2.17. The van der Waals surface area contributed by atoms with E-state index >= 15 is 0 Å². The second kappa shape index (κ2) is 8.12. The highest BCUT2D eigenvalue weighted by Gasteiger charge is 2.13. The van der Waals surface area contributed by atoms with Crippen molar-refractivity contribution in [2.45, 2.75) is 18.1 Å². The lowest BCUT2D eigenvalue weighted by Gasteiger charge is -2.13. The van der Waals surface area contributed by atoms with Gasteiger partial charge in [-0.05, 0) is 12.1 Å². The largest absolute Gasteiger partial charge is 0.358 e. The Morgan fingerprint density at radius 1 is 1.35 bits per heavy atom. The molecular formula is C16H23N4O2S+. The van der Waals surface area contributed by atoms with Crippen molar-refractivity contribution < 1.29 is 9.69 Å². The van der Waals surface area contributed by atoms with Crippen molar-refractivity contribution >= 4 is 28.6 Å². The summed E-state index contributed by atoms with van der Waals surface area (Å²) in [5.41, 5.74) is 0.634. The lowest BCUT2D eigenvalue weighted by molar-refractivity contribution is -0.858. The van der Waals surface area contributed by atoms with E-state index in [0.29, 0.717) is 22.6 Å². The van der Waals surface area contributed by atoms with Gasteiger partial charge in [0.05, 0.1) is 37.3 Å². The number of hydrogen-bond donors (Lipinski definition) is 2. The normalized spacial score (nSPS) is 11.1. The first kappa shape index (κ1) is 17.5. The van der Waals surface area contributed by atoms with E-state index in [4.69, 9.17) is 0 Å². The van der Waals surface area contributed by atoms with E-state index in [2.05, 4.69) is 24.4 Å². The number of nitrogens with zero attached hydrogens (tertiary/aromatic N) is 2. The van der Waals surface area contributed by atoms with Crippen LogP contribution in [0.25, 0.3) is 10.9 Å². The molecule has 0 spiro atoms. The fraction of sp³-hybridized carbons (Fsp3) is 0.438. The summed E-state index contributed by atoms with van der Waals surface area (Å²) >= 11 is 1.30. The molecule has 0 aliphatic heterocycles. The Bertz CT molecular complexity index is 742. The van der Waals surface area contributed by atoms with Crippen LogP contribution in [0.5, 0.6) is 0 Å². The fourth-order valence-corrected chi connectivity index (χ4v) is 3.15. The number of benzene rings is 1. The molecule has 1 heterocycles. The SMILES string of the molecule is CNC(=O)CSc1nc2ccccc2c(=O)n1CCC[NH+](C)C. The van der Waals surface area contributed by atoms with Gasteiger partial charge in [0.25, 0.3) is 5.56 Å². The summed E-state index contributed by atoms with van der Waals surface area (Å²) in [5.74, 6) is 0.168. The molecular weight excluding hydrogens is 312 g/mol. The summed E-state index contributed by atoms with van der Waals surface area (Å²) in [5, 5.41) is 3.81. The number of nitrogens with one attached hydrogen (secondary N) is 2. The predicted molar refractivity (Wildman–Crippen MR) is 93.1 cm³/mol. The number of amides is 1. The molecule has 7 heteroatoms. The molecule has 23 heavy (non-hydrogen) atoms. The maximum Gasteiger partial charge on any atom is 0.262 e. The first-order chi connectivity index (χ1) is 11.0. The van der Waals surface area contributed by atoms with E-state index in [0.717, 1.165) is 13.0 Å². The minimum atomic E-state index is -0.0818. The van der Waals surface area contributed by atoms with Crippen LogP contribution in [0, 0.1) is 0 Å². The second-order valence-electron chi connectivity index (χ2n) is 5.64. The van der Waals surface area contributed by atoms with Crippen LogP contribution in [0.3, 0.4) is 0 Å². The third kappa shape index (κ3) is 4.56. The van der Waals surface area contributed by atoms with Crippen LogP contribution < -0.4 is 15.8 Å². The maximum absolute atomic E-state index is 12.7. The molecule has 124 valence electrons. The van der Waals surface area contributed by atoms with Gasteiger partial charge in [0.1, 0.15) is 0 Å². The molecule has 0 bridgehead atoms. The Morgan fingerprint density at radius 2 is 2.09 bits per heavy atom. The number of rotatable bonds is 7. The Kier molecular flexibility index (Phi) is 6.18. The van der Waals surface area contributed by atoms with Crippen LogP contribution in [-0.2, 0) is 11.3 Å². The van der Waals surface area contributed by atoms with Gasteiger partial charge in [0.2, 0.25) is 5.91 Å². The topological polar surface area (TPSA) is 68.4 Å². The summed E-state index contributed by atoms with van der Waals surface area (Å²) < 4.78 is 1.69. The van der Waals surface area contributed by atoms with Gasteiger partial charge in [-0.25, -0.2) is 4.98 Å². The minimum Gasteiger partial charge on any atom is -0.358 e. The fourth-order valence-electron chi connectivity index (χ4n) is 2.25. The molecule has 0 saturated carbocycles. The van der Waals surface area contributed by atoms with E-state index in [1.165, 1.54) is 16.7 Å². The average molecular weight is 335 g/mol. The van der Waals surface area contributed by atoms with E-state index < -0.39 is 0 Å². The van der Waals surface area contributed by atoms with Crippen LogP contribution in [0.4, 0.5) is 0 Å². The van der Waals surface area contributed by atoms with Crippen molar-refractivity contribution in [2.75, 3.05) is 33.4 Å². The summed E-state index contributed by atoms with van der Waals surface area (Å²) in [6.45, 7) is 1.58. The lowest BCUT2D eigenvalue weighted by Crippen LogP contribution is -3.05. The van der Waals surface area contributed by atoms with Crippen molar-refractivity contribution in [3.8, 4) is 0 Å². The van der Waals surface area contributed by atoms with Gasteiger partial charge in [0.15, 0.2) is 5.16 Å². The number of hydrogen-bond acceptors (Lipinski definition) is 4. The summed E-state index contributed by atoms with van der Waals surface area (Å²) in [4.78, 5) is 30.2. The van der Waals surface area contributed by atoms with Crippen molar-refractivity contribution in [3.63, 3.8) is 0 Å². The number of aromatic nitrogens is 2. The standard InChI is InChI=1S/C16H22N4O2S/c1-17-14(21)11-23-16-18-13-8-5-4-7-12(13)15(22)20(16)10-6-9-19(2)3/h4-5,7-8H,6,9-11H2,1-3H3,(H,17,21)/p+1. The van der Waals surface area contributed by atoms with E-state index in [1.54, 1.807) is 17.7 Å². The van der Waals surface area contributed by atoms with E-state index in [9.17, 15) is 9.59 Å². The monoisotopic (exact) mass is 335 g/mol. The van der Waals surface area contributed by atoms with Gasteiger partial charge < -0.3 is 10.2 Å². The number of para-hydroxylation sites is 1. The first-order valence-corrected chi connectivity index (χ1v) is 8.63. The highest BCUT2D eigenvalue weighted by molar-refractivity contribution is 7.99. The third-order valence-corrected chi connectivity index (χ3v) is 4.47. The van der Waals surface area contributed by atoms with Crippen molar-refractivity contribution in [1.82, 2.24) is 14.9 Å². The minimum absolute atomic E-state index is 0.0382. The number of fused-ring (bicyclic) bond motifs is 1. The zero-order valence-electron chi connectivity index (χ0n) is 13.8. The quantitative estimate of drug-likeness (QED) is 0.542.